The number of nitrogens with zero attached hydrogens (tertiary/aromatic N) is 6. The zero-order valence-corrected chi connectivity index (χ0v) is 20.9. The van der Waals surface area contributed by atoms with Crippen LogP contribution in [-0.4, -0.2) is 26.8 Å². The fraction of sp³-hybridized carbons (Fsp3) is 0.667. The molecule has 0 radical (unpaired) electrons. The minimum Gasteiger partial charge on any atom is -1.00 e. The van der Waals surface area contributed by atoms with E-state index >= 15 is 0 Å². The van der Waals surface area contributed by atoms with Gasteiger partial charge in [-0.3, -0.25) is 0 Å². The number of anilines is 1. The zero-order valence-electron chi connectivity index (χ0n) is 17.8. The van der Waals surface area contributed by atoms with Crippen LogP contribution in [-0.2, 0) is 19.6 Å². The van der Waals surface area contributed by atoms with Crippen molar-refractivity contribution in [2.45, 2.75) is 65.1 Å². The molecule has 0 aliphatic carbocycles. The maximum atomic E-state index is 6.15. The Balaban J connectivity index is 0. The highest BCUT2D eigenvalue weighted by molar-refractivity contribution is 6.17. The average Bonchev–Trinajstić information content (AvgIpc) is 3.23. The van der Waals surface area contributed by atoms with Gasteiger partial charge in [-0.25, -0.2) is 13.8 Å². The highest BCUT2D eigenvalue weighted by Crippen LogP contribution is 2.23. The lowest BCUT2D eigenvalue weighted by Crippen LogP contribution is -3.00. The number of azo groups is 1. The molecule has 2 heterocycles. The van der Waals surface area contributed by atoms with Gasteiger partial charge in [0.05, 0.1) is 38.2 Å². The van der Waals surface area contributed by atoms with Crippen LogP contribution in [0, 0.1) is 0 Å². The number of rotatable bonds is 13. The van der Waals surface area contributed by atoms with Crippen LogP contribution in [0.25, 0.3) is 0 Å². The first-order valence-electron chi connectivity index (χ1n) is 9.88. The van der Waals surface area contributed by atoms with Crippen LogP contribution in [0.15, 0.2) is 28.8 Å². The number of halogens is 3. The summed E-state index contributed by atoms with van der Waals surface area (Å²) in [5.41, 5.74) is 10.6. The minimum absolute atomic E-state index is 0. The van der Waals surface area contributed by atoms with E-state index in [1.807, 2.05) is 6.20 Å². The fourth-order valence-electron chi connectivity index (χ4n) is 2.86. The van der Waals surface area contributed by atoms with Crippen LogP contribution in [0.3, 0.4) is 0 Å². The number of aryl methyl sites for hydroxylation is 3. The Morgan fingerprint density at radius 3 is 2.60 bits per heavy atom. The number of imidazole rings is 1. The summed E-state index contributed by atoms with van der Waals surface area (Å²) in [6.07, 6.45) is 12.4. The molecule has 174 valence electrons. The lowest BCUT2D eigenvalue weighted by atomic mass is 10.2. The maximum Gasteiger partial charge on any atom is 0.421 e. The van der Waals surface area contributed by atoms with Crippen molar-refractivity contribution in [1.29, 1.82) is 0 Å². The number of quaternary nitrogens is 1. The van der Waals surface area contributed by atoms with Crippen molar-refractivity contribution in [2.75, 3.05) is 18.2 Å². The second kappa shape index (κ2) is 17.5. The van der Waals surface area contributed by atoms with Crippen LogP contribution in [0.1, 0.15) is 45.4 Å². The van der Waals surface area contributed by atoms with Crippen molar-refractivity contribution in [3.05, 3.63) is 18.6 Å². The predicted octanol–water partition coefficient (Wildman–Crippen LogP) is -3.02. The summed E-state index contributed by atoms with van der Waals surface area (Å²) in [4.78, 5) is 0. The van der Waals surface area contributed by atoms with E-state index in [9.17, 15) is 0 Å². The third-order valence-electron chi connectivity index (χ3n) is 4.45. The molecule has 0 fully saturated rings. The van der Waals surface area contributed by atoms with Gasteiger partial charge in [-0.05, 0) is 12.8 Å². The summed E-state index contributed by atoms with van der Waals surface area (Å²) < 4.78 is 6.00. The van der Waals surface area contributed by atoms with Crippen LogP contribution in [0.4, 0.5) is 17.5 Å². The summed E-state index contributed by atoms with van der Waals surface area (Å²) in [5.74, 6) is 1.99. The quantitative estimate of drug-likeness (QED) is 0.110. The first-order valence-corrected chi connectivity index (χ1v) is 10.4. The molecular formula is C18H36BrCl2N9. The van der Waals surface area contributed by atoms with E-state index in [-0.39, 0.29) is 35.5 Å². The molecule has 30 heavy (non-hydrogen) atoms. The smallest absolute Gasteiger partial charge is 0.421 e. The molecule has 8 N–H and O–H groups in total. The van der Waals surface area contributed by atoms with E-state index in [1.165, 1.54) is 19.3 Å². The summed E-state index contributed by atoms with van der Waals surface area (Å²) in [5, 5.41) is 13.2. The molecule has 2 aromatic rings. The number of nitrogens with two attached hydrogens (primary N) is 1. The van der Waals surface area contributed by atoms with Gasteiger partial charge in [-0.15, -0.1) is 11.6 Å². The summed E-state index contributed by atoms with van der Waals surface area (Å²) in [6, 6.07) is 0. The molecule has 9 nitrogen and oxygen atoms in total. The molecule has 0 spiro atoms. The number of hydrogen-bond donors (Lipinski definition) is 3. The van der Waals surface area contributed by atoms with Crippen LogP contribution < -0.4 is 51.6 Å². The summed E-state index contributed by atoms with van der Waals surface area (Å²) in [6.45, 7) is 5.56. The second-order valence-electron chi connectivity index (χ2n) is 6.63. The minimum atomic E-state index is 0. The van der Waals surface area contributed by atoms with Crippen molar-refractivity contribution in [3.8, 4) is 0 Å². The Bertz CT molecular complexity index is 719. The maximum absolute atomic E-state index is 6.15. The average molecular weight is 529 g/mol. The summed E-state index contributed by atoms with van der Waals surface area (Å²) >= 11 is 5.86. The van der Waals surface area contributed by atoms with Gasteiger partial charge in [0, 0.05) is 24.0 Å². The molecular weight excluding hydrogens is 493 g/mol. The molecule has 2 rings (SSSR count). The number of unbranched alkanes of at least 4 members (excludes halogenated alkanes) is 3. The van der Waals surface area contributed by atoms with E-state index in [0.29, 0.717) is 17.4 Å². The number of nitrogen functional groups attached to an aromatic ring is 1. The molecule has 0 atom stereocenters. The Morgan fingerprint density at radius 2 is 1.93 bits per heavy atom. The Hall–Kier alpha value is -1.20. The van der Waals surface area contributed by atoms with E-state index in [4.69, 9.17) is 17.3 Å². The molecule has 0 amide bonds. The predicted molar refractivity (Wildman–Crippen MR) is 112 cm³/mol. The fourth-order valence-corrected chi connectivity index (χ4v) is 2.98. The van der Waals surface area contributed by atoms with E-state index in [2.05, 4.69) is 43.3 Å². The van der Waals surface area contributed by atoms with Gasteiger partial charge in [0.25, 0.3) is 0 Å². The van der Waals surface area contributed by atoms with Crippen LogP contribution >= 0.6 is 11.6 Å². The first-order chi connectivity index (χ1) is 13.2. The van der Waals surface area contributed by atoms with Gasteiger partial charge in [0.1, 0.15) is 0 Å². The molecule has 2 aromatic heterocycles. The van der Waals surface area contributed by atoms with E-state index < -0.39 is 0 Å². The lowest BCUT2D eigenvalue weighted by Gasteiger charge is -2.01. The Morgan fingerprint density at radius 1 is 1.17 bits per heavy atom. The normalized spacial score (nSPS) is 10.5. The van der Waals surface area contributed by atoms with Crippen molar-refractivity contribution in [1.82, 2.24) is 20.5 Å². The molecule has 0 aliphatic rings. The monoisotopic (exact) mass is 527 g/mol. The van der Waals surface area contributed by atoms with Gasteiger partial charge in [0.2, 0.25) is 0 Å². The van der Waals surface area contributed by atoms with Gasteiger partial charge in [0.15, 0.2) is 11.5 Å². The molecule has 0 aliphatic heterocycles. The number of aromatic nitrogens is 4. The van der Waals surface area contributed by atoms with Crippen LogP contribution in [0.5, 0.6) is 0 Å². The van der Waals surface area contributed by atoms with Gasteiger partial charge < -0.3 is 47.0 Å². The molecule has 0 unspecified atom stereocenters. The number of hydrogen-bond acceptors (Lipinski definition) is 5. The van der Waals surface area contributed by atoms with Crippen LogP contribution in [0.2, 0.25) is 0 Å². The van der Waals surface area contributed by atoms with E-state index in [0.717, 1.165) is 51.4 Å². The highest BCUT2D eigenvalue weighted by Gasteiger charge is 2.17. The third kappa shape index (κ3) is 9.30. The standard InChI is InChI=1S/C18H31ClN8.BrH.ClH.H3N/c1-2-3-4-5-10-25-13-14-26(11-6-8-19)18(25)24-23-16-15-22-27(17(16)21)12-7-9-20;;;/h13-15,21H,2-12,20H2,1H3;2*1H;1H3. The molecule has 0 bridgehead atoms. The molecule has 0 saturated heterocycles. The molecule has 0 aromatic carbocycles. The van der Waals surface area contributed by atoms with Crippen molar-refractivity contribution < 1.29 is 39.7 Å². The summed E-state index contributed by atoms with van der Waals surface area (Å²) in [7, 11) is 0. The van der Waals surface area contributed by atoms with Crippen molar-refractivity contribution >= 4 is 29.1 Å². The molecule has 12 heteroatoms. The highest BCUT2D eigenvalue weighted by atomic mass is 79.9. The number of alkyl halides is 1. The Labute approximate surface area is 201 Å². The zero-order chi connectivity index (χ0) is 19.5. The molecule has 0 saturated carbocycles. The van der Waals surface area contributed by atoms with E-state index in [1.54, 1.807) is 10.9 Å². The second-order valence-corrected chi connectivity index (χ2v) is 7.01. The topological polar surface area (TPSA) is 140 Å². The SMILES string of the molecule is CCCCCCn1cc[n+](CCCCl)c1N=Nc1cnn(CCC[NH3+])c1N.N.[Br-].[Cl-]. The lowest BCUT2D eigenvalue weighted by molar-refractivity contribution is -0.683. The van der Waals surface area contributed by atoms with Gasteiger partial charge >= 0.3 is 5.95 Å². The third-order valence-corrected chi connectivity index (χ3v) is 4.72. The largest absolute Gasteiger partial charge is 1.00 e. The van der Waals surface area contributed by atoms with Gasteiger partial charge in [-0.1, -0.05) is 31.3 Å². The van der Waals surface area contributed by atoms with Crippen molar-refractivity contribution in [2.24, 2.45) is 10.2 Å². The van der Waals surface area contributed by atoms with Crippen molar-refractivity contribution in [3.63, 3.8) is 0 Å². The first kappa shape index (κ1) is 31.0. The Kier molecular flexibility index (Phi) is 18.1. The van der Waals surface area contributed by atoms with Gasteiger partial charge in [-0.2, -0.15) is 5.10 Å².